The van der Waals surface area contributed by atoms with Gasteiger partial charge in [0.2, 0.25) is 0 Å². The zero-order valence-corrected chi connectivity index (χ0v) is 12.3. The van der Waals surface area contributed by atoms with Crippen molar-refractivity contribution in [2.24, 2.45) is 0 Å². The van der Waals surface area contributed by atoms with Crippen molar-refractivity contribution in [3.05, 3.63) is 24.3 Å². The van der Waals surface area contributed by atoms with Crippen molar-refractivity contribution in [3.8, 4) is 0 Å². The Hall–Kier alpha value is 0.494. The van der Waals surface area contributed by atoms with Gasteiger partial charge in [-0.1, -0.05) is 43.9 Å². The molecule has 0 aromatic rings. The van der Waals surface area contributed by atoms with Gasteiger partial charge in [0.1, 0.15) is 0 Å². The second kappa shape index (κ2) is 3.93. The predicted molar refractivity (Wildman–Crippen MR) is 68.4 cm³/mol. The van der Waals surface area contributed by atoms with E-state index in [2.05, 4.69) is 25.7 Å². The van der Waals surface area contributed by atoms with Crippen LogP contribution in [-0.4, -0.2) is 26.5 Å². The highest BCUT2D eigenvalue weighted by molar-refractivity contribution is 7.25. The minimum Gasteiger partial charge on any atom is -0.118 e. The van der Waals surface area contributed by atoms with Gasteiger partial charge in [-0.15, -0.1) is 23.2 Å². The van der Waals surface area contributed by atoms with Crippen molar-refractivity contribution < 1.29 is 0 Å². The van der Waals surface area contributed by atoms with E-state index in [0.29, 0.717) is 0 Å². The molecule has 0 aromatic heterocycles. The predicted octanol–water partition coefficient (Wildman–Crippen LogP) is 2.66. The van der Waals surface area contributed by atoms with Crippen LogP contribution in [0.25, 0.3) is 0 Å². The molecule has 0 bridgehead atoms. The van der Waals surface area contributed by atoms with Crippen LogP contribution in [0.1, 0.15) is 0 Å². The Kier molecular flexibility index (Phi) is 3.50. The summed E-state index contributed by atoms with van der Waals surface area (Å²) in [4.78, 5) is 0. The van der Waals surface area contributed by atoms with Gasteiger partial charge in [0.25, 0.3) is 0 Å². The van der Waals surface area contributed by atoms with Crippen molar-refractivity contribution in [2.45, 2.75) is 29.5 Å². The van der Waals surface area contributed by atoms with Gasteiger partial charge < -0.3 is 0 Å². The Morgan fingerprint density at radius 1 is 1.31 bits per heavy atom. The molecule has 0 spiro atoms. The molecule has 4 heteroatoms. The minimum absolute atomic E-state index is 0.00226. The fourth-order valence-corrected chi connectivity index (χ4v) is 14.2. The molecule has 1 aliphatic rings. The lowest BCUT2D eigenvalue weighted by molar-refractivity contribution is 0.961. The lowest BCUT2D eigenvalue weighted by atomic mass is 10.2. The second-order valence-corrected chi connectivity index (χ2v) is 20.5. The average molecular weight is 251 g/mol. The molecule has 0 saturated carbocycles. The Labute approximate surface area is 93.6 Å². The van der Waals surface area contributed by atoms with Crippen LogP contribution in [0.4, 0.5) is 0 Å². The molecule has 0 saturated heterocycles. The number of halogens is 2. The fourth-order valence-electron chi connectivity index (χ4n) is 1.60. The maximum Gasteiger partial charge on any atom is 0.0709 e. The molecule has 2 unspecified atom stereocenters. The Balaban J connectivity index is 2.76. The average Bonchev–Trinajstić information content (AvgIpc) is 1.92. The SMILES string of the molecule is C[Si](C)(C)[SiH2]C1(Cl)C=CC=CC1Cl. The van der Waals surface area contributed by atoms with Gasteiger partial charge in [0.15, 0.2) is 0 Å². The molecule has 0 N–H and O–H groups in total. The van der Waals surface area contributed by atoms with Crippen LogP contribution in [-0.2, 0) is 0 Å². The third-order valence-electron chi connectivity index (χ3n) is 2.02. The van der Waals surface area contributed by atoms with E-state index in [-0.39, 0.29) is 18.9 Å². The maximum atomic E-state index is 6.54. The third kappa shape index (κ3) is 3.28. The van der Waals surface area contributed by atoms with E-state index in [1.807, 2.05) is 18.2 Å². The normalized spacial score (nSPS) is 34.7. The van der Waals surface area contributed by atoms with Crippen molar-refractivity contribution >= 4 is 39.8 Å². The maximum absolute atomic E-state index is 6.54. The van der Waals surface area contributed by atoms with Gasteiger partial charge >= 0.3 is 0 Å². The molecule has 0 aromatic carbocycles. The molecule has 0 radical (unpaired) electrons. The van der Waals surface area contributed by atoms with E-state index in [9.17, 15) is 0 Å². The van der Waals surface area contributed by atoms with Crippen molar-refractivity contribution in [3.63, 3.8) is 0 Å². The number of allylic oxidation sites excluding steroid dienone is 4. The molecule has 0 amide bonds. The highest BCUT2D eigenvalue weighted by Crippen LogP contribution is 2.31. The van der Waals surface area contributed by atoms with Gasteiger partial charge in [0.05, 0.1) is 9.87 Å². The highest BCUT2D eigenvalue weighted by atomic mass is 35.5. The monoisotopic (exact) mass is 250 g/mol. The first-order valence-corrected chi connectivity index (χ1v) is 11.9. The lowest BCUT2D eigenvalue weighted by Crippen LogP contribution is -2.49. The standard InChI is InChI=1S/C9H16Cl2Si2/c1-13(2,3)12-9(11)7-5-4-6-8(9)10/h4-8H,12H2,1-3H3. The quantitative estimate of drug-likeness (QED) is 0.523. The molecular formula is C9H16Cl2Si2. The first kappa shape index (κ1) is 11.6. The van der Waals surface area contributed by atoms with Crippen LogP contribution in [0.5, 0.6) is 0 Å². The molecule has 2 atom stereocenters. The van der Waals surface area contributed by atoms with Gasteiger partial charge in [0, 0.05) is 16.6 Å². The topological polar surface area (TPSA) is 0 Å². The number of hydrogen-bond donors (Lipinski definition) is 0. The van der Waals surface area contributed by atoms with Crippen LogP contribution in [0.3, 0.4) is 0 Å². The minimum atomic E-state index is -1.02. The van der Waals surface area contributed by atoms with E-state index < -0.39 is 7.59 Å². The molecule has 74 valence electrons. The fraction of sp³-hybridized carbons (Fsp3) is 0.556. The zero-order chi connectivity index (χ0) is 10.1. The molecule has 0 fully saturated rings. The Morgan fingerprint density at radius 2 is 1.92 bits per heavy atom. The van der Waals surface area contributed by atoms with Crippen molar-refractivity contribution in [2.75, 3.05) is 0 Å². The summed E-state index contributed by atoms with van der Waals surface area (Å²) in [6.45, 7) is 7.12. The number of hydrogen-bond acceptors (Lipinski definition) is 0. The smallest absolute Gasteiger partial charge is 0.0709 e. The number of rotatable bonds is 2. The summed E-state index contributed by atoms with van der Waals surface area (Å²) in [6.07, 6.45) is 8.11. The molecule has 0 heterocycles. The molecule has 0 aliphatic heterocycles. The Morgan fingerprint density at radius 3 is 2.38 bits per heavy atom. The summed E-state index contributed by atoms with van der Waals surface area (Å²) >= 11 is 12.8. The summed E-state index contributed by atoms with van der Waals surface area (Å²) in [5.74, 6) is 0. The largest absolute Gasteiger partial charge is 0.118 e. The van der Waals surface area contributed by atoms with Gasteiger partial charge in [-0.05, 0) is 0 Å². The summed E-state index contributed by atoms with van der Waals surface area (Å²) in [6, 6.07) is 0. The summed E-state index contributed by atoms with van der Waals surface area (Å²) < 4.78 is -0.208. The zero-order valence-electron chi connectivity index (χ0n) is 8.35. The van der Waals surface area contributed by atoms with Crippen molar-refractivity contribution in [1.82, 2.24) is 0 Å². The van der Waals surface area contributed by atoms with Crippen LogP contribution in [0.15, 0.2) is 24.3 Å². The van der Waals surface area contributed by atoms with Crippen LogP contribution < -0.4 is 0 Å². The van der Waals surface area contributed by atoms with Crippen molar-refractivity contribution in [1.29, 1.82) is 0 Å². The first-order valence-electron chi connectivity index (χ1n) is 4.52. The van der Waals surface area contributed by atoms with E-state index in [0.717, 1.165) is 0 Å². The van der Waals surface area contributed by atoms with Crippen LogP contribution in [0.2, 0.25) is 19.6 Å². The summed E-state index contributed by atoms with van der Waals surface area (Å²) in [5.41, 5.74) is 0. The summed E-state index contributed by atoms with van der Waals surface area (Å²) in [5, 5.41) is -0.00226. The first-order chi connectivity index (χ1) is 5.83. The molecule has 1 aliphatic carbocycles. The highest BCUT2D eigenvalue weighted by Gasteiger charge is 2.37. The van der Waals surface area contributed by atoms with E-state index in [1.54, 1.807) is 0 Å². The molecule has 1 rings (SSSR count). The van der Waals surface area contributed by atoms with Crippen LogP contribution in [0, 0.1) is 0 Å². The van der Waals surface area contributed by atoms with E-state index in [4.69, 9.17) is 23.2 Å². The molecule has 13 heavy (non-hydrogen) atoms. The lowest BCUT2D eigenvalue weighted by Gasteiger charge is -2.33. The summed E-state index contributed by atoms with van der Waals surface area (Å²) in [7, 11) is -1.33. The van der Waals surface area contributed by atoms with E-state index in [1.165, 1.54) is 0 Å². The van der Waals surface area contributed by atoms with Gasteiger partial charge in [-0.25, -0.2) is 0 Å². The molecule has 0 nitrogen and oxygen atoms in total. The van der Waals surface area contributed by atoms with E-state index >= 15 is 0 Å². The van der Waals surface area contributed by atoms with Gasteiger partial charge in [-0.2, -0.15) is 0 Å². The Bertz CT molecular complexity index is 242. The number of alkyl halides is 2. The van der Waals surface area contributed by atoms with Crippen LogP contribution >= 0.6 is 23.2 Å². The third-order valence-corrected chi connectivity index (χ3v) is 11.6. The van der Waals surface area contributed by atoms with Gasteiger partial charge in [-0.3, -0.25) is 0 Å². The second-order valence-electron chi connectivity index (χ2n) is 4.81. The molecular weight excluding hydrogens is 235 g/mol.